The van der Waals surface area contributed by atoms with Crippen molar-refractivity contribution in [2.24, 2.45) is 0 Å². The van der Waals surface area contributed by atoms with Gasteiger partial charge in [-0.05, 0) is 36.4 Å². The molecule has 9 nitrogen and oxygen atoms in total. The zero-order chi connectivity index (χ0) is 24.1. The van der Waals surface area contributed by atoms with Gasteiger partial charge in [-0.1, -0.05) is 28.1 Å². The van der Waals surface area contributed by atoms with Gasteiger partial charge in [-0.3, -0.25) is 10.1 Å². The van der Waals surface area contributed by atoms with Crippen LogP contribution in [0.2, 0.25) is 0 Å². The van der Waals surface area contributed by atoms with E-state index in [4.69, 9.17) is 9.47 Å². The van der Waals surface area contributed by atoms with Gasteiger partial charge in [0.05, 0.1) is 29.4 Å². The number of halogens is 1. The van der Waals surface area contributed by atoms with Crippen LogP contribution in [0.1, 0.15) is 10.4 Å². The smallest absolute Gasteiger partial charge is 0.338 e. The molecule has 2 aromatic carbocycles. The first kappa shape index (κ1) is 24.5. The number of carbonyl (C=O) groups is 2. The Kier molecular flexibility index (Phi) is 7.73. The molecule has 1 saturated heterocycles. The molecule has 0 bridgehead atoms. The lowest BCUT2D eigenvalue weighted by molar-refractivity contribution is -0.119. The van der Waals surface area contributed by atoms with E-state index in [1.165, 1.54) is 39.9 Å². The van der Waals surface area contributed by atoms with Crippen LogP contribution in [-0.4, -0.2) is 62.5 Å². The molecule has 0 spiro atoms. The maximum atomic E-state index is 12.7. The van der Waals surface area contributed by atoms with Gasteiger partial charge in [-0.15, -0.1) is 11.3 Å². The maximum absolute atomic E-state index is 12.7. The minimum absolute atomic E-state index is 0.0775. The molecule has 1 aromatic heterocycles. The van der Waals surface area contributed by atoms with Crippen LogP contribution in [0.3, 0.4) is 0 Å². The molecular formula is C22H20BrN3O6S2. The van der Waals surface area contributed by atoms with Gasteiger partial charge >= 0.3 is 5.97 Å². The van der Waals surface area contributed by atoms with Gasteiger partial charge in [0.25, 0.3) is 5.91 Å². The first-order chi connectivity index (χ1) is 16.3. The number of esters is 1. The van der Waals surface area contributed by atoms with Crippen LogP contribution in [0.5, 0.6) is 0 Å². The van der Waals surface area contributed by atoms with Gasteiger partial charge in [0.2, 0.25) is 10.0 Å². The van der Waals surface area contributed by atoms with Crippen molar-refractivity contribution in [3.05, 3.63) is 63.9 Å². The fourth-order valence-corrected chi connectivity index (χ4v) is 5.72. The Morgan fingerprint density at radius 3 is 2.59 bits per heavy atom. The average Bonchev–Trinajstić information content (AvgIpc) is 3.31. The quantitative estimate of drug-likeness (QED) is 0.436. The summed E-state index contributed by atoms with van der Waals surface area (Å²) in [5, 5.41) is 4.80. The van der Waals surface area contributed by atoms with E-state index in [1.54, 1.807) is 0 Å². The Labute approximate surface area is 208 Å². The fraction of sp³-hybridized carbons (Fsp3) is 0.227. The molecule has 34 heavy (non-hydrogen) atoms. The molecule has 12 heteroatoms. The number of amides is 1. The normalized spacial score (nSPS) is 14.5. The van der Waals surface area contributed by atoms with Gasteiger partial charge in [0, 0.05) is 28.5 Å². The van der Waals surface area contributed by atoms with Gasteiger partial charge < -0.3 is 9.47 Å². The number of carbonyl (C=O) groups excluding carboxylic acids is 2. The van der Waals surface area contributed by atoms with E-state index in [9.17, 15) is 18.0 Å². The summed E-state index contributed by atoms with van der Waals surface area (Å²) in [5.41, 5.74) is 1.75. The Morgan fingerprint density at radius 2 is 1.88 bits per heavy atom. The van der Waals surface area contributed by atoms with E-state index in [0.717, 1.165) is 10.0 Å². The second-order valence-electron chi connectivity index (χ2n) is 7.21. The molecule has 0 unspecified atom stereocenters. The predicted octanol–water partition coefficient (Wildman–Crippen LogP) is 3.39. The highest BCUT2D eigenvalue weighted by Crippen LogP contribution is 2.27. The van der Waals surface area contributed by atoms with E-state index in [1.807, 2.05) is 29.6 Å². The van der Waals surface area contributed by atoms with Crippen LogP contribution in [0.25, 0.3) is 11.3 Å². The lowest BCUT2D eigenvalue weighted by Crippen LogP contribution is -2.40. The maximum Gasteiger partial charge on any atom is 0.338 e. The minimum Gasteiger partial charge on any atom is -0.452 e. The molecule has 4 rings (SSSR count). The molecule has 0 saturated carbocycles. The molecule has 178 valence electrons. The summed E-state index contributed by atoms with van der Waals surface area (Å²) >= 11 is 4.67. The Bertz CT molecular complexity index is 1290. The number of thiazole rings is 1. The zero-order valence-electron chi connectivity index (χ0n) is 17.8. The van der Waals surface area contributed by atoms with Crippen LogP contribution >= 0.6 is 27.3 Å². The molecule has 0 radical (unpaired) electrons. The second kappa shape index (κ2) is 10.7. The van der Waals surface area contributed by atoms with E-state index in [2.05, 4.69) is 26.2 Å². The Balaban J connectivity index is 1.31. The molecular weight excluding hydrogens is 546 g/mol. The predicted molar refractivity (Wildman–Crippen MR) is 130 cm³/mol. The van der Waals surface area contributed by atoms with E-state index in [-0.39, 0.29) is 23.5 Å². The molecule has 0 aliphatic carbocycles. The zero-order valence-corrected chi connectivity index (χ0v) is 21.0. The number of aromatic nitrogens is 1. The number of benzene rings is 2. The van der Waals surface area contributed by atoms with E-state index >= 15 is 0 Å². The third-order valence-electron chi connectivity index (χ3n) is 4.90. The molecule has 3 aromatic rings. The lowest BCUT2D eigenvalue weighted by Gasteiger charge is -2.26. The Morgan fingerprint density at radius 1 is 1.15 bits per heavy atom. The monoisotopic (exact) mass is 565 g/mol. The molecule has 1 aliphatic rings. The van der Waals surface area contributed by atoms with Gasteiger partial charge in [0.1, 0.15) is 0 Å². The van der Waals surface area contributed by atoms with Crippen molar-refractivity contribution in [3.8, 4) is 11.3 Å². The summed E-state index contributed by atoms with van der Waals surface area (Å²) in [4.78, 5) is 28.9. The number of nitrogens with zero attached hydrogens (tertiary/aromatic N) is 2. The first-order valence-corrected chi connectivity index (χ1v) is 13.3. The first-order valence-electron chi connectivity index (χ1n) is 10.2. The summed E-state index contributed by atoms with van der Waals surface area (Å²) in [6.07, 6.45) is 0. The number of ether oxygens (including phenoxy) is 2. The number of anilines is 1. The van der Waals surface area contributed by atoms with Crippen molar-refractivity contribution >= 4 is 54.3 Å². The van der Waals surface area contributed by atoms with Crippen LogP contribution < -0.4 is 5.32 Å². The highest BCUT2D eigenvalue weighted by atomic mass is 79.9. The average molecular weight is 566 g/mol. The number of hydrogen-bond donors (Lipinski definition) is 1. The molecule has 1 amide bonds. The van der Waals surface area contributed by atoms with Crippen LogP contribution in [0.4, 0.5) is 5.13 Å². The van der Waals surface area contributed by atoms with Crippen molar-refractivity contribution in [1.82, 2.24) is 9.29 Å². The van der Waals surface area contributed by atoms with Crippen LogP contribution in [0, 0.1) is 0 Å². The molecule has 1 N–H and O–H groups in total. The van der Waals surface area contributed by atoms with Crippen molar-refractivity contribution in [2.45, 2.75) is 4.90 Å². The van der Waals surface area contributed by atoms with E-state index in [0.29, 0.717) is 24.0 Å². The number of nitrogens with one attached hydrogen (secondary N) is 1. The van der Waals surface area contributed by atoms with Crippen molar-refractivity contribution in [1.29, 1.82) is 0 Å². The summed E-state index contributed by atoms with van der Waals surface area (Å²) in [6, 6.07) is 13.0. The van der Waals surface area contributed by atoms with E-state index < -0.39 is 28.5 Å². The SMILES string of the molecule is O=C(COC(=O)c1ccc(S(=O)(=O)N2CCOCC2)cc1)Nc1nc(-c2cccc(Br)c2)cs1. The highest BCUT2D eigenvalue weighted by molar-refractivity contribution is 9.10. The number of morpholine rings is 1. The summed E-state index contributed by atoms with van der Waals surface area (Å²) < 4.78 is 37.8. The minimum atomic E-state index is -3.66. The molecule has 0 atom stereocenters. The van der Waals surface area contributed by atoms with Gasteiger partial charge in [0.15, 0.2) is 11.7 Å². The number of hydrogen-bond acceptors (Lipinski definition) is 8. The third-order valence-corrected chi connectivity index (χ3v) is 8.07. The number of rotatable bonds is 7. The largest absolute Gasteiger partial charge is 0.452 e. The fourth-order valence-electron chi connectivity index (χ4n) is 3.18. The molecule has 2 heterocycles. The highest BCUT2D eigenvalue weighted by Gasteiger charge is 2.26. The Hall–Kier alpha value is -2.64. The summed E-state index contributed by atoms with van der Waals surface area (Å²) in [5.74, 6) is -1.27. The lowest BCUT2D eigenvalue weighted by atomic mass is 10.2. The van der Waals surface area contributed by atoms with Crippen LogP contribution in [-0.2, 0) is 24.3 Å². The third kappa shape index (κ3) is 5.88. The summed E-state index contributed by atoms with van der Waals surface area (Å²) in [7, 11) is -3.66. The van der Waals surface area contributed by atoms with Crippen molar-refractivity contribution < 1.29 is 27.5 Å². The standard InChI is InChI=1S/C22H20BrN3O6S2/c23-17-3-1-2-16(12-17)19-14-33-22(24-19)25-20(27)13-32-21(28)15-4-6-18(7-5-15)34(29,30)26-8-10-31-11-9-26/h1-7,12,14H,8-11,13H2,(H,24,25,27). The van der Waals surface area contributed by atoms with Gasteiger partial charge in [-0.25, -0.2) is 18.2 Å². The van der Waals surface area contributed by atoms with Crippen molar-refractivity contribution in [3.63, 3.8) is 0 Å². The molecule has 1 fully saturated rings. The second-order valence-corrected chi connectivity index (χ2v) is 10.9. The topological polar surface area (TPSA) is 115 Å². The number of sulfonamides is 1. The molecule has 1 aliphatic heterocycles. The van der Waals surface area contributed by atoms with Crippen molar-refractivity contribution in [2.75, 3.05) is 38.2 Å². The summed E-state index contributed by atoms with van der Waals surface area (Å²) in [6.45, 7) is 0.754. The van der Waals surface area contributed by atoms with Gasteiger partial charge in [-0.2, -0.15) is 4.31 Å². The van der Waals surface area contributed by atoms with Crippen LogP contribution in [0.15, 0.2) is 63.3 Å².